The first-order valence-corrected chi connectivity index (χ1v) is 6.89. The number of carbonyl (C=O) groups excluding carboxylic acids is 1. The van der Waals surface area contributed by atoms with Gasteiger partial charge in [0.25, 0.3) is 0 Å². The number of benzene rings is 1. The number of hydrogen-bond donors (Lipinski definition) is 1. The van der Waals surface area contributed by atoms with Gasteiger partial charge in [-0.1, -0.05) is 12.1 Å². The van der Waals surface area contributed by atoms with Crippen molar-refractivity contribution in [1.82, 2.24) is 9.88 Å². The Morgan fingerprint density at radius 3 is 3.00 bits per heavy atom. The summed E-state index contributed by atoms with van der Waals surface area (Å²) < 4.78 is 0. The SMILES string of the molecule is CN(Cc1cccc(C#N)c1)C(=O)Cc1csc(N)n1. The number of likely N-dealkylation sites (N-methyl/N-ethyl adjacent to an activating group) is 1. The molecule has 0 aliphatic heterocycles. The molecule has 2 rings (SSSR count). The van der Waals surface area contributed by atoms with E-state index in [1.165, 1.54) is 11.3 Å². The molecule has 2 N–H and O–H groups in total. The lowest BCUT2D eigenvalue weighted by Crippen LogP contribution is -2.27. The molecular formula is C14H14N4OS. The molecule has 1 amide bonds. The molecule has 20 heavy (non-hydrogen) atoms. The minimum absolute atomic E-state index is 0.0299. The number of thiazole rings is 1. The predicted octanol–water partition coefficient (Wildman–Crippen LogP) is 1.80. The van der Waals surface area contributed by atoms with Gasteiger partial charge in [-0.15, -0.1) is 11.3 Å². The summed E-state index contributed by atoms with van der Waals surface area (Å²) in [6, 6.07) is 9.32. The molecule has 102 valence electrons. The first kappa shape index (κ1) is 14.0. The number of rotatable bonds is 4. The van der Waals surface area contributed by atoms with Crippen LogP contribution in [0, 0.1) is 11.3 Å². The molecule has 0 atom stereocenters. The number of carbonyl (C=O) groups is 1. The monoisotopic (exact) mass is 286 g/mol. The number of nitrogens with two attached hydrogens (primary N) is 1. The lowest BCUT2D eigenvalue weighted by molar-refractivity contribution is -0.129. The molecule has 0 radical (unpaired) electrons. The molecule has 0 saturated carbocycles. The van der Waals surface area contributed by atoms with Gasteiger partial charge in [0, 0.05) is 19.0 Å². The molecule has 0 fully saturated rings. The van der Waals surface area contributed by atoms with Crippen molar-refractivity contribution in [2.24, 2.45) is 0 Å². The standard InChI is InChI=1S/C14H14N4OS/c1-18(8-11-4-2-3-10(5-11)7-15)13(19)6-12-9-20-14(16)17-12/h2-5,9H,6,8H2,1H3,(H2,16,17). The zero-order valence-electron chi connectivity index (χ0n) is 11.0. The summed E-state index contributed by atoms with van der Waals surface area (Å²) in [5.41, 5.74) is 7.75. The third-order valence-corrected chi connectivity index (χ3v) is 3.53. The zero-order chi connectivity index (χ0) is 14.5. The van der Waals surface area contributed by atoms with Crippen molar-refractivity contribution >= 4 is 22.4 Å². The summed E-state index contributed by atoms with van der Waals surface area (Å²) in [5.74, 6) is -0.0299. The molecule has 6 heteroatoms. The average Bonchev–Trinajstić information content (AvgIpc) is 2.84. The molecular weight excluding hydrogens is 272 g/mol. The number of nitrogen functional groups attached to an aromatic ring is 1. The molecule has 2 aromatic rings. The quantitative estimate of drug-likeness (QED) is 0.929. The van der Waals surface area contributed by atoms with Crippen molar-refractivity contribution in [3.63, 3.8) is 0 Å². The maximum Gasteiger partial charge on any atom is 0.228 e. The Balaban J connectivity index is 1.98. The maximum atomic E-state index is 12.1. The van der Waals surface area contributed by atoms with Gasteiger partial charge in [-0.25, -0.2) is 4.98 Å². The largest absolute Gasteiger partial charge is 0.375 e. The number of nitrogens with zero attached hydrogens (tertiary/aromatic N) is 3. The second-order valence-electron chi connectivity index (χ2n) is 4.42. The third-order valence-electron chi connectivity index (χ3n) is 2.80. The predicted molar refractivity (Wildman–Crippen MR) is 77.9 cm³/mol. The second kappa shape index (κ2) is 6.17. The van der Waals surface area contributed by atoms with Gasteiger partial charge in [0.15, 0.2) is 5.13 Å². The summed E-state index contributed by atoms with van der Waals surface area (Å²) in [4.78, 5) is 17.8. The molecule has 0 spiro atoms. The van der Waals surface area contributed by atoms with Crippen LogP contribution >= 0.6 is 11.3 Å². The second-order valence-corrected chi connectivity index (χ2v) is 5.31. The Labute approximate surface area is 121 Å². The summed E-state index contributed by atoms with van der Waals surface area (Å²) in [6.45, 7) is 0.466. The zero-order valence-corrected chi connectivity index (χ0v) is 11.9. The Kier molecular flexibility index (Phi) is 4.33. The summed E-state index contributed by atoms with van der Waals surface area (Å²) in [6.07, 6.45) is 0.238. The number of nitriles is 1. The van der Waals surface area contributed by atoms with Crippen LogP contribution in [0.5, 0.6) is 0 Å². The lowest BCUT2D eigenvalue weighted by Gasteiger charge is -2.16. The van der Waals surface area contributed by atoms with Gasteiger partial charge in [0.2, 0.25) is 5.91 Å². The van der Waals surface area contributed by atoms with Crippen molar-refractivity contribution in [3.05, 3.63) is 46.5 Å². The van der Waals surface area contributed by atoms with Gasteiger partial charge in [0.05, 0.1) is 23.7 Å². The number of hydrogen-bond acceptors (Lipinski definition) is 5. The van der Waals surface area contributed by atoms with E-state index in [0.29, 0.717) is 22.9 Å². The van der Waals surface area contributed by atoms with Gasteiger partial charge in [-0.3, -0.25) is 4.79 Å². The van der Waals surface area contributed by atoms with Crippen molar-refractivity contribution < 1.29 is 4.79 Å². The van der Waals surface area contributed by atoms with Gasteiger partial charge in [0.1, 0.15) is 0 Å². The van der Waals surface area contributed by atoms with E-state index in [1.807, 2.05) is 12.1 Å². The van der Waals surface area contributed by atoms with Crippen LogP contribution in [0.1, 0.15) is 16.8 Å². The molecule has 1 heterocycles. The van der Waals surface area contributed by atoms with E-state index in [9.17, 15) is 4.79 Å². The highest BCUT2D eigenvalue weighted by atomic mass is 32.1. The molecule has 0 aliphatic rings. The Morgan fingerprint density at radius 1 is 1.55 bits per heavy atom. The van der Waals surface area contributed by atoms with Crippen LogP contribution in [0.15, 0.2) is 29.6 Å². The first-order valence-electron chi connectivity index (χ1n) is 6.01. The van der Waals surface area contributed by atoms with Crippen LogP contribution in [0.4, 0.5) is 5.13 Å². The molecule has 1 aromatic carbocycles. The van der Waals surface area contributed by atoms with Crippen molar-refractivity contribution in [2.75, 3.05) is 12.8 Å². The van der Waals surface area contributed by atoms with Crippen LogP contribution in [-0.4, -0.2) is 22.8 Å². The highest BCUT2D eigenvalue weighted by molar-refractivity contribution is 7.13. The fourth-order valence-corrected chi connectivity index (χ4v) is 2.36. The van der Waals surface area contributed by atoms with Crippen LogP contribution in [0.3, 0.4) is 0 Å². The number of amides is 1. The molecule has 5 nitrogen and oxygen atoms in total. The van der Waals surface area contributed by atoms with Crippen LogP contribution in [-0.2, 0) is 17.8 Å². The Bertz CT molecular complexity index is 659. The van der Waals surface area contributed by atoms with E-state index in [1.54, 1.807) is 29.5 Å². The van der Waals surface area contributed by atoms with Crippen molar-refractivity contribution in [3.8, 4) is 6.07 Å². The third kappa shape index (κ3) is 3.56. The topological polar surface area (TPSA) is 83.0 Å². The fourth-order valence-electron chi connectivity index (χ4n) is 1.79. The van der Waals surface area contributed by atoms with E-state index >= 15 is 0 Å². The van der Waals surface area contributed by atoms with Crippen molar-refractivity contribution in [2.45, 2.75) is 13.0 Å². The molecule has 1 aromatic heterocycles. The van der Waals surface area contributed by atoms with E-state index in [0.717, 1.165) is 5.56 Å². The molecule has 0 bridgehead atoms. The minimum Gasteiger partial charge on any atom is -0.375 e. The van der Waals surface area contributed by atoms with E-state index in [-0.39, 0.29) is 12.3 Å². The first-order chi connectivity index (χ1) is 9.58. The smallest absolute Gasteiger partial charge is 0.228 e. The van der Waals surface area contributed by atoms with E-state index in [4.69, 9.17) is 11.0 Å². The molecule has 0 aliphatic carbocycles. The molecule has 0 unspecified atom stereocenters. The van der Waals surface area contributed by atoms with E-state index < -0.39 is 0 Å². The number of aromatic nitrogens is 1. The van der Waals surface area contributed by atoms with Crippen LogP contribution in [0.2, 0.25) is 0 Å². The summed E-state index contributed by atoms with van der Waals surface area (Å²) >= 11 is 1.33. The summed E-state index contributed by atoms with van der Waals surface area (Å²) in [7, 11) is 1.73. The van der Waals surface area contributed by atoms with Crippen LogP contribution < -0.4 is 5.73 Å². The Morgan fingerprint density at radius 2 is 2.35 bits per heavy atom. The van der Waals surface area contributed by atoms with Crippen LogP contribution in [0.25, 0.3) is 0 Å². The Hall–Kier alpha value is -2.39. The average molecular weight is 286 g/mol. The normalized spacial score (nSPS) is 10.0. The highest BCUT2D eigenvalue weighted by Crippen LogP contribution is 2.13. The maximum absolute atomic E-state index is 12.1. The van der Waals surface area contributed by atoms with Gasteiger partial charge < -0.3 is 10.6 Å². The molecule has 0 saturated heterocycles. The van der Waals surface area contributed by atoms with Gasteiger partial charge in [-0.05, 0) is 17.7 Å². The number of anilines is 1. The minimum atomic E-state index is -0.0299. The fraction of sp³-hybridized carbons (Fsp3) is 0.214. The van der Waals surface area contributed by atoms with Gasteiger partial charge >= 0.3 is 0 Å². The highest BCUT2D eigenvalue weighted by Gasteiger charge is 2.12. The lowest BCUT2D eigenvalue weighted by atomic mass is 10.1. The van der Waals surface area contributed by atoms with E-state index in [2.05, 4.69) is 11.1 Å². The van der Waals surface area contributed by atoms with Crippen molar-refractivity contribution in [1.29, 1.82) is 5.26 Å². The van der Waals surface area contributed by atoms with Gasteiger partial charge in [-0.2, -0.15) is 5.26 Å². The summed E-state index contributed by atoms with van der Waals surface area (Å²) in [5, 5.41) is 11.1.